The fraction of sp³-hybridized carbons (Fsp3) is 1.00. The maximum atomic E-state index is 3.65. The minimum atomic E-state index is 0.748. The molecule has 3 aliphatic rings. The standard InChI is InChI=1S/C17H32N2/c1-18-16-6-4-2-3-5-7-17(16)19(12-14-8-9-14)13-15-10-11-15/h14-18H,2-13H2,1H3. The summed E-state index contributed by atoms with van der Waals surface area (Å²) in [5.74, 6) is 2.09. The van der Waals surface area contributed by atoms with E-state index in [0.717, 1.165) is 23.9 Å². The van der Waals surface area contributed by atoms with Gasteiger partial charge in [-0.1, -0.05) is 25.7 Å². The van der Waals surface area contributed by atoms with E-state index in [2.05, 4.69) is 17.3 Å². The molecule has 19 heavy (non-hydrogen) atoms. The molecule has 0 saturated heterocycles. The third-order valence-corrected chi connectivity index (χ3v) is 5.45. The third-order valence-electron chi connectivity index (χ3n) is 5.45. The van der Waals surface area contributed by atoms with Crippen LogP contribution in [-0.2, 0) is 0 Å². The van der Waals surface area contributed by atoms with E-state index in [9.17, 15) is 0 Å². The lowest BCUT2D eigenvalue weighted by Crippen LogP contribution is -2.50. The molecule has 0 radical (unpaired) electrons. The van der Waals surface area contributed by atoms with Gasteiger partial charge in [-0.05, 0) is 57.4 Å². The van der Waals surface area contributed by atoms with Crippen LogP contribution in [0.25, 0.3) is 0 Å². The molecule has 0 aromatic rings. The van der Waals surface area contributed by atoms with Crippen molar-refractivity contribution in [3.63, 3.8) is 0 Å². The summed E-state index contributed by atoms with van der Waals surface area (Å²) in [6, 6.07) is 1.57. The van der Waals surface area contributed by atoms with Crippen LogP contribution in [0.1, 0.15) is 64.2 Å². The predicted molar refractivity (Wildman–Crippen MR) is 81.4 cm³/mol. The third kappa shape index (κ3) is 4.19. The maximum absolute atomic E-state index is 3.65. The second kappa shape index (κ2) is 6.58. The Morgan fingerprint density at radius 1 is 0.789 bits per heavy atom. The zero-order valence-corrected chi connectivity index (χ0v) is 12.7. The summed E-state index contributed by atoms with van der Waals surface area (Å²) >= 11 is 0. The highest BCUT2D eigenvalue weighted by atomic mass is 15.2. The van der Waals surface area contributed by atoms with E-state index in [1.165, 1.54) is 77.3 Å². The normalized spacial score (nSPS) is 33.2. The topological polar surface area (TPSA) is 15.3 Å². The molecular weight excluding hydrogens is 232 g/mol. The molecule has 3 rings (SSSR count). The Morgan fingerprint density at radius 3 is 1.89 bits per heavy atom. The van der Waals surface area contributed by atoms with E-state index in [4.69, 9.17) is 0 Å². The lowest BCUT2D eigenvalue weighted by Gasteiger charge is -2.39. The van der Waals surface area contributed by atoms with Gasteiger partial charge in [-0.3, -0.25) is 4.90 Å². The minimum absolute atomic E-state index is 0.748. The van der Waals surface area contributed by atoms with Crippen LogP contribution in [-0.4, -0.2) is 37.1 Å². The van der Waals surface area contributed by atoms with Gasteiger partial charge in [0.25, 0.3) is 0 Å². The van der Waals surface area contributed by atoms with Crippen LogP contribution in [0.4, 0.5) is 0 Å². The fourth-order valence-corrected chi connectivity index (χ4v) is 3.85. The van der Waals surface area contributed by atoms with Crippen LogP contribution in [0, 0.1) is 11.8 Å². The Balaban J connectivity index is 1.63. The van der Waals surface area contributed by atoms with Crippen LogP contribution >= 0.6 is 0 Å². The Morgan fingerprint density at radius 2 is 1.37 bits per heavy atom. The number of likely N-dealkylation sites (N-methyl/N-ethyl adjacent to an activating group) is 1. The highest BCUT2D eigenvalue weighted by Crippen LogP contribution is 2.36. The fourth-order valence-electron chi connectivity index (χ4n) is 3.85. The molecule has 2 nitrogen and oxygen atoms in total. The number of hydrogen-bond acceptors (Lipinski definition) is 2. The van der Waals surface area contributed by atoms with Gasteiger partial charge in [0.2, 0.25) is 0 Å². The molecule has 110 valence electrons. The second-order valence-corrected chi connectivity index (χ2v) is 7.29. The van der Waals surface area contributed by atoms with E-state index in [1.807, 2.05) is 0 Å². The van der Waals surface area contributed by atoms with Gasteiger partial charge in [-0.15, -0.1) is 0 Å². The summed E-state index contributed by atoms with van der Waals surface area (Å²) < 4.78 is 0. The van der Waals surface area contributed by atoms with Crippen molar-refractivity contribution in [1.29, 1.82) is 0 Å². The van der Waals surface area contributed by atoms with Gasteiger partial charge >= 0.3 is 0 Å². The molecule has 0 spiro atoms. The van der Waals surface area contributed by atoms with E-state index in [-0.39, 0.29) is 0 Å². The summed E-state index contributed by atoms with van der Waals surface area (Å²) in [5, 5.41) is 3.65. The van der Waals surface area contributed by atoms with Crippen LogP contribution in [0.5, 0.6) is 0 Å². The number of rotatable bonds is 6. The SMILES string of the molecule is CNC1CCCCCCC1N(CC1CC1)CC1CC1. The van der Waals surface area contributed by atoms with Gasteiger partial charge in [0.15, 0.2) is 0 Å². The van der Waals surface area contributed by atoms with Crippen molar-refractivity contribution in [2.24, 2.45) is 11.8 Å². The molecule has 2 atom stereocenters. The first-order valence-corrected chi connectivity index (χ1v) is 8.78. The van der Waals surface area contributed by atoms with Crippen molar-refractivity contribution in [2.45, 2.75) is 76.3 Å². The Labute approximate surface area is 119 Å². The van der Waals surface area contributed by atoms with Gasteiger partial charge in [-0.25, -0.2) is 0 Å². The van der Waals surface area contributed by atoms with Crippen molar-refractivity contribution in [1.82, 2.24) is 10.2 Å². The molecule has 3 fully saturated rings. The van der Waals surface area contributed by atoms with Crippen LogP contribution in [0.15, 0.2) is 0 Å². The van der Waals surface area contributed by atoms with Gasteiger partial charge in [-0.2, -0.15) is 0 Å². The lowest BCUT2D eigenvalue weighted by atomic mass is 9.90. The van der Waals surface area contributed by atoms with Gasteiger partial charge in [0, 0.05) is 25.2 Å². The first kappa shape index (κ1) is 13.9. The molecule has 0 heterocycles. The Bertz CT molecular complexity index is 256. The van der Waals surface area contributed by atoms with E-state index >= 15 is 0 Å². The minimum Gasteiger partial charge on any atom is -0.315 e. The smallest absolute Gasteiger partial charge is 0.0249 e. The van der Waals surface area contributed by atoms with Crippen LogP contribution < -0.4 is 5.32 Å². The van der Waals surface area contributed by atoms with E-state index < -0.39 is 0 Å². The number of hydrogen-bond donors (Lipinski definition) is 1. The largest absolute Gasteiger partial charge is 0.315 e. The lowest BCUT2D eigenvalue weighted by molar-refractivity contribution is 0.125. The summed E-state index contributed by atoms with van der Waals surface area (Å²) in [5.41, 5.74) is 0. The molecule has 3 aliphatic carbocycles. The summed E-state index contributed by atoms with van der Waals surface area (Å²) in [6.07, 6.45) is 14.6. The molecule has 0 aromatic carbocycles. The predicted octanol–water partition coefficient (Wildman–Crippen LogP) is 3.42. The van der Waals surface area contributed by atoms with Crippen molar-refractivity contribution < 1.29 is 0 Å². The van der Waals surface area contributed by atoms with Crippen LogP contribution in [0.2, 0.25) is 0 Å². The second-order valence-electron chi connectivity index (χ2n) is 7.29. The summed E-state index contributed by atoms with van der Waals surface area (Å²) in [7, 11) is 2.19. The zero-order chi connectivity index (χ0) is 13.1. The Hall–Kier alpha value is -0.0800. The van der Waals surface area contributed by atoms with Crippen LogP contribution in [0.3, 0.4) is 0 Å². The van der Waals surface area contributed by atoms with Crippen molar-refractivity contribution in [2.75, 3.05) is 20.1 Å². The van der Waals surface area contributed by atoms with Crippen molar-refractivity contribution >= 4 is 0 Å². The molecule has 3 saturated carbocycles. The average Bonchev–Trinajstić information content (AvgIpc) is 3.24. The van der Waals surface area contributed by atoms with Crippen molar-refractivity contribution in [3.8, 4) is 0 Å². The number of nitrogens with one attached hydrogen (secondary N) is 1. The van der Waals surface area contributed by atoms with Gasteiger partial charge in [0.05, 0.1) is 0 Å². The highest BCUT2D eigenvalue weighted by molar-refractivity contribution is 4.91. The maximum Gasteiger partial charge on any atom is 0.0249 e. The first-order valence-electron chi connectivity index (χ1n) is 8.78. The van der Waals surface area contributed by atoms with Crippen molar-refractivity contribution in [3.05, 3.63) is 0 Å². The number of nitrogens with zero attached hydrogens (tertiary/aromatic N) is 1. The molecule has 0 aromatic heterocycles. The van der Waals surface area contributed by atoms with E-state index in [1.54, 1.807) is 0 Å². The molecule has 0 amide bonds. The average molecular weight is 264 g/mol. The molecule has 1 N–H and O–H groups in total. The molecular formula is C17H32N2. The first-order chi connectivity index (χ1) is 9.36. The monoisotopic (exact) mass is 264 g/mol. The van der Waals surface area contributed by atoms with Gasteiger partial charge < -0.3 is 5.32 Å². The Kier molecular flexibility index (Phi) is 4.81. The quantitative estimate of drug-likeness (QED) is 0.791. The molecule has 0 aliphatic heterocycles. The summed E-state index contributed by atoms with van der Waals surface area (Å²) in [6.45, 7) is 2.80. The molecule has 2 unspecified atom stereocenters. The highest BCUT2D eigenvalue weighted by Gasteiger charge is 2.35. The molecule has 0 bridgehead atoms. The van der Waals surface area contributed by atoms with Gasteiger partial charge in [0.1, 0.15) is 0 Å². The molecule has 2 heteroatoms. The van der Waals surface area contributed by atoms with E-state index in [0.29, 0.717) is 0 Å². The summed E-state index contributed by atoms with van der Waals surface area (Å²) in [4.78, 5) is 2.90. The zero-order valence-electron chi connectivity index (χ0n) is 12.7.